The molecule has 0 aliphatic carbocycles. The van der Waals surface area contributed by atoms with E-state index in [0.717, 1.165) is 12.3 Å². The molecule has 11 heteroatoms. The van der Waals surface area contributed by atoms with Crippen molar-refractivity contribution in [1.29, 1.82) is 5.26 Å². The average Bonchev–Trinajstić information content (AvgIpc) is 2.85. The number of amides is 1. The molecule has 1 fully saturated rings. The van der Waals surface area contributed by atoms with Gasteiger partial charge in [0.2, 0.25) is 5.88 Å². The summed E-state index contributed by atoms with van der Waals surface area (Å²) in [6, 6.07) is 7.96. The van der Waals surface area contributed by atoms with Crippen molar-refractivity contribution >= 4 is 11.6 Å². The van der Waals surface area contributed by atoms with Crippen molar-refractivity contribution in [2.24, 2.45) is 0 Å². The molecule has 0 bridgehead atoms. The number of carbonyl (C=O) groups excluding carboxylic acids is 1. The van der Waals surface area contributed by atoms with Crippen LogP contribution in [0.5, 0.6) is 5.88 Å². The number of aliphatic hydroxyl groups is 1. The van der Waals surface area contributed by atoms with Crippen LogP contribution in [0.4, 0.5) is 14.5 Å². The first kappa shape index (κ1) is 24.1. The molecule has 0 radical (unpaired) electrons. The molecule has 0 aromatic carbocycles. The number of hydrogen-bond acceptors (Lipinski definition) is 8. The van der Waals surface area contributed by atoms with E-state index in [-0.39, 0.29) is 18.8 Å². The second-order valence-electron chi connectivity index (χ2n) is 8.07. The summed E-state index contributed by atoms with van der Waals surface area (Å²) in [5.41, 5.74) is 1.23. The predicted molar refractivity (Wildman–Crippen MR) is 120 cm³/mol. The summed E-state index contributed by atoms with van der Waals surface area (Å²) in [6.45, 7) is 0.806. The van der Waals surface area contributed by atoms with E-state index in [9.17, 15) is 18.8 Å². The molecular formula is C24H21F2N5O4. The first-order valence-corrected chi connectivity index (χ1v) is 10.5. The van der Waals surface area contributed by atoms with Crippen LogP contribution in [-0.4, -0.2) is 52.9 Å². The minimum absolute atomic E-state index is 0.0559. The van der Waals surface area contributed by atoms with Gasteiger partial charge < -0.3 is 19.9 Å². The highest BCUT2D eigenvalue weighted by atomic mass is 19.3. The monoisotopic (exact) mass is 481 g/mol. The molecule has 1 amide bonds. The fourth-order valence-corrected chi connectivity index (χ4v) is 3.64. The SMILES string of the molecule is COc1ncc(-c2cc(NC(=O)c3ccnc(C(F)(F)CO)c3)cnc2C)cc1C1(C#N)COC1. The fraction of sp³-hybridized carbons (Fsp3) is 0.292. The van der Waals surface area contributed by atoms with Gasteiger partial charge in [0.1, 0.15) is 17.7 Å². The summed E-state index contributed by atoms with van der Waals surface area (Å²) in [5, 5.41) is 21.2. The van der Waals surface area contributed by atoms with Crippen LogP contribution in [0, 0.1) is 18.3 Å². The van der Waals surface area contributed by atoms with Gasteiger partial charge in [-0.15, -0.1) is 0 Å². The average molecular weight is 481 g/mol. The Balaban J connectivity index is 1.65. The van der Waals surface area contributed by atoms with E-state index in [1.807, 2.05) is 0 Å². The Labute approximate surface area is 199 Å². The second kappa shape index (κ2) is 9.32. The zero-order valence-electron chi connectivity index (χ0n) is 18.9. The van der Waals surface area contributed by atoms with E-state index in [1.54, 1.807) is 25.3 Å². The van der Waals surface area contributed by atoms with Crippen molar-refractivity contribution in [2.75, 3.05) is 32.2 Å². The molecule has 1 saturated heterocycles. The van der Waals surface area contributed by atoms with Gasteiger partial charge in [-0.1, -0.05) is 0 Å². The summed E-state index contributed by atoms with van der Waals surface area (Å²) < 4.78 is 38.2. The van der Waals surface area contributed by atoms with Crippen LogP contribution >= 0.6 is 0 Å². The minimum atomic E-state index is -3.57. The number of rotatable bonds is 7. The number of ether oxygens (including phenoxy) is 2. The molecule has 0 saturated carbocycles. The number of carbonyl (C=O) groups is 1. The third-order valence-electron chi connectivity index (χ3n) is 5.72. The van der Waals surface area contributed by atoms with E-state index in [2.05, 4.69) is 26.3 Å². The van der Waals surface area contributed by atoms with Crippen molar-refractivity contribution in [2.45, 2.75) is 18.3 Å². The minimum Gasteiger partial charge on any atom is -0.481 e. The maximum atomic E-state index is 13.8. The van der Waals surface area contributed by atoms with Crippen LogP contribution in [0.2, 0.25) is 0 Å². The summed E-state index contributed by atoms with van der Waals surface area (Å²) in [5.74, 6) is -3.90. The van der Waals surface area contributed by atoms with Crippen LogP contribution in [0.25, 0.3) is 11.1 Å². The molecule has 3 aromatic rings. The highest BCUT2D eigenvalue weighted by Crippen LogP contribution is 2.39. The summed E-state index contributed by atoms with van der Waals surface area (Å²) in [4.78, 5) is 24.9. The smallest absolute Gasteiger partial charge is 0.312 e. The molecule has 35 heavy (non-hydrogen) atoms. The van der Waals surface area contributed by atoms with E-state index >= 15 is 0 Å². The van der Waals surface area contributed by atoms with Gasteiger partial charge in [-0.05, 0) is 31.2 Å². The number of nitrogens with one attached hydrogen (secondary N) is 1. The quantitative estimate of drug-likeness (QED) is 0.527. The highest BCUT2D eigenvalue weighted by Gasteiger charge is 2.44. The van der Waals surface area contributed by atoms with Crippen LogP contribution < -0.4 is 10.1 Å². The number of alkyl halides is 2. The van der Waals surface area contributed by atoms with Gasteiger partial charge in [-0.2, -0.15) is 14.0 Å². The molecule has 3 aromatic heterocycles. The first-order valence-electron chi connectivity index (χ1n) is 10.5. The molecule has 1 aliphatic rings. The Morgan fingerprint density at radius 2 is 2.06 bits per heavy atom. The first-order chi connectivity index (χ1) is 16.7. The van der Waals surface area contributed by atoms with Crippen LogP contribution in [-0.2, 0) is 16.1 Å². The topological polar surface area (TPSA) is 130 Å². The number of halogens is 2. The molecule has 0 unspecified atom stereocenters. The van der Waals surface area contributed by atoms with Gasteiger partial charge >= 0.3 is 5.92 Å². The highest BCUT2D eigenvalue weighted by molar-refractivity contribution is 6.04. The van der Waals surface area contributed by atoms with Crippen LogP contribution in [0.3, 0.4) is 0 Å². The van der Waals surface area contributed by atoms with Gasteiger partial charge in [0.25, 0.3) is 5.91 Å². The molecule has 9 nitrogen and oxygen atoms in total. The largest absolute Gasteiger partial charge is 0.481 e. The van der Waals surface area contributed by atoms with Crippen LogP contribution in [0.15, 0.2) is 42.9 Å². The number of nitriles is 1. The van der Waals surface area contributed by atoms with Crippen molar-refractivity contribution in [3.05, 3.63) is 65.4 Å². The predicted octanol–water partition coefficient (Wildman–Crippen LogP) is 2.98. The molecule has 4 rings (SSSR count). The molecular weight excluding hydrogens is 460 g/mol. The zero-order valence-corrected chi connectivity index (χ0v) is 18.9. The number of pyridine rings is 3. The van der Waals surface area contributed by atoms with Gasteiger partial charge in [0.05, 0.1) is 38.3 Å². The molecule has 0 spiro atoms. The standard InChI is InChI=1S/C24H21F2N5O4/c1-14-18(16-5-19(22(34-2)30-8-16)23(10-27)12-35-13-23)7-17(9-29-14)31-21(33)15-3-4-28-20(6-15)24(25,26)11-32/h3-9,32H,11-13H2,1-2H3,(H,31,33). The second-order valence-corrected chi connectivity index (χ2v) is 8.07. The maximum absolute atomic E-state index is 13.8. The van der Waals surface area contributed by atoms with E-state index in [1.165, 1.54) is 19.4 Å². The Morgan fingerprint density at radius 3 is 2.69 bits per heavy atom. The van der Waals surface area contributed by atoms with Crippen molar-refractivity contribution < 1.29 is 28.2 Å². The summed E-state index contributed by atoms with van der Waals surface area (Å²) >= 11 is 0. The van der Waals surface area contributed by atoms with Gasteiger partial charge in [-0.3, -0.25) is 14.8 Å². The Hall–Kier alpha value is -4.01. The summed E-state index contributed by atoms with van der Waals surface area (Å²) in [7, 11) is 1.47. The number of aliphatic hydroxyl groups excluding tert-OH is 1. The maximum Gasteiger partial charge on any atom is 0.312 e. The number of hydrogen-bond donors (Lipinski definition) is 2. The third kappa shape index (κ3) is 4.53. The van der Waals surface area contributed by atoms with Crippen molar-refractivity contribution in [1.82, 2.24) is 15.0 Å². The molecule has 2 N–H and O–H groups in total. The Bertz CT molecular complexity index is 1320. The number of aryl methyl sites for hydroxylation is 1. The lowest BCUT2D eigenvalue weighted by molar-refractivity contribution is -0.0592. The van der Waals surface area contributed by atoms with E-state index in [4.69, 9.17) is 14.6 Å². The lowest BCUT2D eigenvalue weighted by Crippen LogP contribution is -2.45. The zero-order chi connectivity index (χ0) is 25.2. The number of methoxy groups -OCH3 is 1. The normalized spacial score (nSPS) is 14.5. The molecule has 1 aliphatic heterocycles. The Kier molecular flexibility index (Phi) is 6.43. The molecule has 0 atom stereocenters. The van der Waals surface area contributed by atoms with Gasteiger partial charge in [-0.25, -0.2) is 4.98 Å². The van der Waals surface area contributed by atoms with E-state index in [0.29, 0.717) is 34.0 Å². The number of anilines is 1. The van der Waals surface area contributed by atoms with Gasteiger partial charge in [0, 0.05) is 40.3 Å². The Morgan fingerprint density at radius 1 is 1.29 bits per heavy atom. The molecule has 180 valence electrons. The van der Waals surface area contributed by atoms with Crippen molar-refractivity contribution in [3.8, 4) is 23.1 Å². The van der Waals surface area contributed by atoms with Gasteiger partial charge in [0.15, 0.2) is 0 Å². The number of aromatic nitrogens is 3. The summed E-state index contributed by atoms with van der Waals surface area (Å²) in [6.07, 6.45) is 4.09. The third-order valence-corrected chi connectivity index (χ3v) is 5.72. The van der Waals surface area contributed by atoms with Crippen molar-refractivity contribution in [3.63, 3.8) is 0 Å². The number of nitrogens with zero attached hydrogens (tertiary/aromatic N) is 4. The lowest BCUT2D eigenvalue weighted by Gasteiger charge is -2.35. The lowest BCUT2D eigenvalue weighted by atomic mass is 9.79. The molecule has 4 heterocycles. The van der Waals surface area contributed by atoms with Crippen LogP contribution in [0.1, 0.15) is 27.3 Å². The fourth-order valence-electron chi connectivity index (χ4n) is 3.64. The van der Waals surface area contributed by atoms with E-state index < -0.39 is 29.5 Å².